The summed E-state index contributed by atoms with van der Waals surface area (Å²) in [5.41, 5.74) is 0.448. The fraction of sp³-hybridized carbons (Fsp3) is 0.957. The number of epoxide rings is 1. The Morgan fingerprint density at radius 3 is 2.57 bits per heavy atom. The van der Waals surface area contributed by atoms with Gasteiger partial charge < -0.3 is 19.7 Å². The summed E-state index contributed by atoms with van der Waals surface area (Å²) in [5, 5.41) is 2.37. The van der Waals surface area contributed by atoms with Gasteiger partial charge in [0.25, 0.3) is 0 Å². The third kappa shape index (κ3) is 3.63. The van der Waals surface area contributed by atoms with E-state index in [1.807, 2.05) is 0 Å². The van der Waals surface area contributed by atoms with E-state index in [2.05, 4.69) is 39.9 Å². The number of nitrogens with two attached hydrogens (primary N) is 1. The number of esters is 1. The van der Waals surface area contributed by atoms with E-state index in [1.54, 1.807) is 4.90 Å². The molecule has 0 aromatic heterocycles. The summed E-state index contributed by atoms with van der Waals surface area (Å²) in [5.74, 6) is 1.17. The minimum atomic E-state index is 0.0659. The number of nitrogens with one attached hydrogen (secondary N) is 1. The zero-order valence-electron chi connectivity index (χ0n) is 18.6. The van der Waals surface area contributed by atoms with Gasteiger partial charge in [0, 0.05) is 5.92 Å². The Bertz CT molecular complexity index is 580. The number of hydrogen-bond donors (Lipinski definition) is 2. The quantitative estimate of drug-likeness (QED) is 0.381. The predicted octanol–water partition coefficient (Wildman–Crippen LogP) is 0.779. The highest BCUT2D eigenvalue weighted by molar-refractivity contribution is 5.75. The highest BCUT2D eigenvalue weighted by Gasteiger charge is 2.65. The highest BCUT2D eigenvalue weighted by Crippen LogP contribution is 2.62. The van der Waals surface area contributed by atoms with Gasteiger partial charge in [-0.1, -0.05) is 6.92 Å². The van der Waals surface area contributed by atoms with Gasteiger partial charge in [-0.25, -0.2) is 0 Å². The number of rotatable bonds is 7. The summed E-state index contributed by atoms with van der Waals surface area (Å²) in [6.45, 7) is 15.7. The molecule has 4 aliphatic rings. The molecule has 0 radical (unpaired) electrons. The summed E-state index contributed by atoms with van der Waals surface area (Å²) < 4.78 is 11.9. The van der Waals surface area contributed by atoms with Crippen LogP contribution in [0.2, 0.25) is 0 Å². The third-order valence-electron chi connectivity index (χ3n) is 8.62. The minimum absolute atomic E-state index is 0.0659. The van der Waals surface area contributed by atoms with Crippen LogP contribution >= 0.6 is 0 Å². The van der Waals surface area contributed by atoms with Gasteiger partial charge >= 0.3 is 5.97 Å². The Labute approximate surface area is 170 Å². The first-order valence-corrected chi connectivity index (χ1v) is 11.8. The van der Waals surface area contributed by atoms with E-state index in [1.165, 1.54) is 19.3 Å². The zero-order chi connectivity index (χ0) is 20.1. The Morgan fingerprint density at radius 2 is 1.93 bits per heavy atom. The Kier molecular flexibility index (Phi) is 5.56. The van der Waals surface area contributed by atoms with E-state index < -0.39 is 0 Å². The van der Waals surface area contributed by atoms with Gasteiger partial charge in [0.15, 0.2) is 0 Å². The van der Waals surface area contributed by atoms with Crippen molar-refractivity contribution in [2.45, 2.75) is 90.5 Å². The van der Waals surface area contributed by atoms with Crippen LogP contribution in [0.4, 0.5) is 0 Å². The molecule has 2 saturated carbocycles. The SMILES string of the molecule is CC(C)[NH+](CC[NH2+]C[C@H]1C(=O)O[C@@H]2C[C@@]3(C)CCC[C@@]4(CO4)[C@H]3C[C@@H]21)C(C)C. The lowest BCUT2D eigenvalue weighted by Gasteiger charge is -2.51. The highest BCUT2D eigenvalue weighted by atomic mass is 16.6. The molecule has 28 heavy (non-hydrogen) atoms. The van der Waals surface area contributed by atoms with Crippen molar-refractivity contribution >= 4 is 5.97 Å². The molecule has 0 unspecified atom stereocenters. The van der Waals surface area contributed by atoms with Gasteiger partial charge in [-0.2, -0.15) is 0 Å². The second-order valence-electron chi connectivity index (χ2n) is 11.0. The molecule has 2 aliphatic carbocycles. The van der Waals surface area contributed by atoms with Crippen molar-refractivity contribution in [1.29, 1.82) is 0 Å². The summed E-state index contributed by atoms with van der Waals surface area (Å²) >= 11 is 0. The molecule has 0 amide bonds. The van der Waals surface area contributed by atoms with Crippen LogP contribution in [-0.4, -0.2) is 56.0 Å². The van der Waals surface area contributed by atoms with Crippen molar-refractivity contribution in [3.63, 3.8) is 0 Å². The molecule has 2 saturated heterocycles. The predicted molar refractivity (Wildman–Crippen MR) is 108 cm³/mol. The van der Waals surface area contributed by atoms with E-state index >= 15 is 0 Å². The second kappa shape index (κ2) is 7.55. The first-order valence-electron chi connectivity index (χ1n) is 11.8. The number of fused-ring (bicyclic) bond motifs is 3. The molecule has 4 fully saturated rings. The van der Waals surface area contributed by atoms with Crippen molar-refractivity contribution in [1.82, 2.24) is 0 Å². The molecule has 0 aromatic rings. The Morgan fingerprint density at radius 1 is 1.21 bits per heavy atom. The number of hydrogen-bond acceptors (Lipinski definition) is 3. The average Bonchev–Trinajstić information content (AvgIpc) is 3.30. The summed E-state index contributed by atoms with van der Waals surface area (Å²) in [4.78, 5) is 14.3. The normalized spacial score (nSPS) is 42.2. The molecule has 5 heteroatoms. The molecule has 2 heterocycles. The maximum absolute atomic E-state index is 12.7. The molecule has 160 valence electrons. The van der Waals surface area contributed by atoms with Gasteiger partial charge in [-0.3, -0.25) is 4.79 Å². The van der Waals surface area contributed by atoms with Crippen molar-refractivity contribution in [2.24, 2.45) is 23.2 Å². The van der Waals surface area contributed by atoms with E-state index in [0.717, 1.165) is 39.1 Å². The molecule has 1 spiro atoms. The van der Waals surface area contributed by atoms with Crippen LogP contribution in [0.25, 0.3) is 0 Å². The molecule has 4 rings (SSSR count). The number of ether oxygens (including phenoxy) is 2. The van der Waals surface area contributed by atoms with Gasteiger partial charge in [0.2, 0.25) is 0 Å². The number of carbonyl (C=O) groups is 1. The fourth-order valence-corrected chi connectivity index (χ4v) is 7.04. The van der Waals surface area contributed by atoms with Crippen LogP contribution in [0.1, 0.15) is 66.7 Å². The molecule has 2 aliphatic heterocycles. The van der Waals surface area contributed by atoms with Crippen LogP contribution in [0, 0.1) is 23.2 Å². The van der Waals surface area contributed by atoms with Crippen LogP contribution in [0.5, 0.6) is 0 Å². The third-order valence-corrected chi connectivity index (χ3v) is 8.62. The standard InChI is InChI=1S/C23H40N2O3/c1-15(2)25(16(3)4)10-9-24-13-18-17-11-20-22(5,12-19(17)28-21(18)26)7-6-8-23(20)14-27-23/h15-20,24H,6-14H2,1-5H3/p+2/t17-,18-,19-,20+,22-,23-/m1/s1. The molecule has 0 bridgehead atoms. The van der Waals surface area contributed by atoms with Crippen LogP contribution in [0.3, 0.4) is 0 Å². The molecule has 0 aromatic carbocycles. The van der Waals surface area contributed by atoms with E-state index in [4.69, 9.17) is 9.47 Å². The summed E-state index contributed by atoms with van der Waals surface area (Å²) in [7, 11) is 0. The van der Waals surface area contributed by atoms with E-state index in [-0.39, 0.29) is 23.6 Å². The summed E-state index contributed by atoms with van der Waals surface area (Å²) in [6.07, 6.45) is 6.08. The number of carbonyl (C=O) groups excluding carboxylic acids is 1. The Hall–Kier alpha value is -0.650. The lowest BCUT2D eigenvalue weighted by atomic mass is 9.53. The fourth-order valence-electron chi connectivity index (χ4n) is 7.04. The van der Waals surface area contributed by atoms with Crippen molar-refractivity contribution in [3.05, 3.63) is 0 Å². The van der Waals surface area contributed by atoms with Crippen LogP contribution in [0.15, 0.2) is 0 Å². The lowest BCUT2D eigenvalue weighted by molar-refractivity contribution is -0.952. The summed E-state index contributed by atoms with van der Waals surface area (Å²) in [6, 6.07) is 1.29. The second-order valence-corrected chi connectivity index (χ2v) is 11.0. The van der Waals surface area contributed by atoms with Crippen molar-refractivity contribution < 1.29 is 24.5 Å². The average molecular weight is 395 g/mol. The monoisotopic (exact) mass is 394 g/mol. The van der Waals surface area contributed by atoms with Gasteiger partial charge in [-0.15, -0.1) is 0 Å². The van der Waals surface area contributed by atoms with Crippen molar-refractivity contribution in [2.75, 3.05) is 26.2 Å². The molecule has 3 N–H and O–H groups in total. The number of quaternary nitrogens is 2. The van der Waals surface area contributed by atoms with Crippen LogP contribution in [-0.2, 0) is 14.3 Å². The molecule has 6 atom stereocenters. The van der Waals surface area contributed by atoms with Gasteiger partial charge in [0.1, 0.15) is 25.1 Å². The minimum Gasteiger partial charge on any atom is -0.462 e. The first kappa shape index (κ1) is 20.6. The molecular formula is C23H42N2O3+2. The first-order chi connectivity index (χ1) is 13.3. The smallest absolute Gasteiger partial charge is 0.315 e. The molecular weight excluding hydrogens is 352 g/mol. The largest absolute Gasteiger partial charge is 0.462 e. The molecule has 5 nitrogen and oxygen atoms in total. The Balaban J connectivity index is 1.35. The van der Waals surface area contributed by atoms with E-state index in [0.29, 0.717) is 29.3 Å². The van der Waals surface area contributed by atoms with E-state index in [9.17, 15) is 4.79 Å². The lowest BCUT2D eigenvalue weighted by Crippen LogP contribution is -3.19. The maximum atomic E-state index is 12.7. The topological polar surface area (TPSA) is 59.9 Å². The maximum Gasteiger partial charge on any atom is 0.315 e. The van der Waals surface area contributed by atoms with Crippen molar-refractivity contribution in [3.8, 4) is 0 Å². The van der Waals surface area contributed by atoms with Gasteiger partial charge in [-0.05, 0) is 71.1 Å². The zero-order valence-corrected chi connectivity index (χ0v) is 18.6. The van der Waals surface area contributed by atoms with Gasteiger partial charge in [0.05, 0.1) is 30.8 Å². The van der Waals surface area contributed by atoms with Crippen LogP contribution < -0.4 is 10.2 Å².